The summed E-state index contributed by atoms with van der Waals surface area (Å²) >= 11 is 0. The van der Waals surface area contributed by atoms with Crippen LogP contribution in [0, 0.1) is 5.92 Å². The molecule has 0 bridgehead atoms. The predicted molar refractivity (Wildman–Crippen MR) is 94.7 cm³/mol. The van der Waals surface area contributed by atoms with Gasteiger partial charge in [0.1, 0.15) is 0 Å². The summed E-state index contributed by atoms with van der Waals surface area (Å²) in [7, 11) is 0. The standard InChI is InChI=1S/C17H35N3O3.H2/c1-15(2)17(21)18-5-11-22-13-14-23-12-10-19-6-8-20(9-7-19)16(3)4;/h15-16H,5-14H2,1-4H3,(H,18,21);1H. The van der Waals surface area contributed by atoms with Crippen LogP contribution in [0.1, 0.15) is 29.1 Å². The van der Waals surface area contributed by atoms with Crippen molar-refractivity contribution < 1.29 is 15.7 Å². The van der Waals surface area contributed by atoms with E-state index in [-0.39, 0.29) is 13.3 Å². The molecule has 1 fully saturated rings. The second kappa shape index (κ2) is 11.8. The minimum absolute atomic E-state index is 0. The first kappa shape index (κ1) is 20.4. The molecule has 1 rings (SSSR count). The van der Waals surface area contributed by atoms with Crippen LogP contribution in [0.25, 0.3) is 0 Å². The summed E-state index contributed by atoms with van der Waals surface area (Å²) in [5, 5.41) is 2.82. The van der Waals surface area contributed by atoms with E-state index in [9.17, 15) is 4.79 Å². The van der Waals surface area contributed by atoms with Crippen LogP contribution in [0.15, 0.2) is 0 Å². The summed E-state index contributed by atoms with van der Waals surface area (Å²) in [6, 6.07) is 0.649. The SMILES string of the molecule is CC(C)C(=O)NCCOCCOCCN1CCN(C(C)C)CC1.[HH]. The molecule has 1 heterocycles. The number of hydrogen-bond acceptors (Lipinski definition) is 5. The smallest absolute Gasteiger partial charge is 0.222 e. The maximum atomic E-state index is 11.3. The molecule has 0 aromatic rings. The highest BCUT2D eigenvalue weighted by atomic mass is 16.5. The van der Waals surface area contributed by atoms with Gasteiger partial charge < -0.3 is 14.8 Å². The van der Waals surface area contributed by atoms with Crippen LogP contribution in [0.3, 0.4) is 0 Å². The maximum Gasteiger partial charge on any atom is 0.222 e. The molecule has 0 aromatic heterocycles. The van der Waals surface area contributed by atoms with Gasteiger partial charge in [-0.3, -0.25) is 14.6 Å². The number of rotatable bonds is 11. The highest BCUT2D eigenvalue weighted by Gasteiger charge is 2.18. The first-order valence-corrected chi connectivity index (χ1v) is 8.90. The summed E-state index contributed by atoms with van der Waals surface area (Å²) in [6.07, 6.45) is 0. The molecule has 1 N–H and O–H groups in total. The molecule has 0 unspecified atom stereocenters. The van der Waals surface area contributed by atoms with Crippen molar-refractivity contribution in [3.8, 4) is 0 Å². The third kappa shape index (κ3) is 9.25. The van der Waals surface area contributed by atoms with Crippen LogP contribution < -0.4 is 5.32 Å². The Morgan fingerprint density at radius 1 is 1.00 bits per heavy atom. The van der Waals surface area contributed by atoms with Crippen molar-refractivity contribution in [2.45, 2.75) is 33.7 Å². The van der Waals surface area contributed by atoms with E-state index >= 15 is 0 Å². The lowest BCUT2D eigenvalue weighted by Gasteiger charge is -2.36. The van der Waals surface area contributed by atoms with Gasteiger partial charge >= 0.3 is 0 Å². The van der Waals surface area contributed by atoms with Crippen molar-refractivity contribution in [2.24, 2.45) is 5.92 Å². The summed E-state index contributed by atoms with van der Waals surface area (Å²) in [5.74, 6) is 0.100. The van der Waals surface area contributed by atoms with Crippen LogP contribution in [0.5, 0.6) is 0 Å². The summed E-state index contributed by atoms with van der Waals surface area (Å²) in [6.45, 7) is 16.9. The molecule has 1 aliphatic heterocycles. The lowest BCUT2D eigenvalue weighted by Crippen LogP contribution is -2.49. The normalized spacial score (nSPS) is 17.1. The Balaban J connectivity index is 0.00000529. The van der Waals surface area contributed by atoms with E-state index in [2.05, 4.69) is 29.0 Å². The molecule has 1 amide bonds. The van der Waals surface area contributed by atoms with Crippen LogP contribution in [-0.4, -0.2) is 87.4 Å². The lowest BCUT2D eigenvalue weighted by molar-refractivity contribution is -0.124. The first-order valence-electron chi connectivity index (χ1n) is 8.90. The second-order valence-corrected chi connectivity index (χ2v) is 6.64. The largest absolute Gasteiger partial charge is 0.378 e. The van der Waals surface area contributed by atoms with E-state index in [0.29, 0.717) is 32.4 Å². The minimum Gasteiger partial charge on any atom is -0.378 e. The average Bonchev–Trinajstić information content (AvgIpc) is 2.53. The molecule has 1 aliphatic rings. The lowest BCUT2D eigenvalue weighted by atomic mass is 10.2. The zero-order valence-corrected chi connectivity index (χ0v) is 15.3. The summed E-state index contributed by atoms with van der Waals surface area (Å²) in [5.41, 5.74) is 0. The van der Waals surface area contributed by atoms with Gasteiger partial charge in [0.25, 0.3) is 0 Å². The minimum atomic E-state index is 0. The van der Waals surface area contributed by atoms with Crippen molar-refractivity contribution in [1.29, 1.82) is 0 Å². The van der Waals surface area contributed by atoms with Gasteiger partial charge in [0, 0.05) is 52.7 Å². The molecule has 6 nitrogen and oxygen atoms in total. The van der Waals surface area contributed by atoms with Gasteiger partial charge in [-0.1, -0.05) is 13.8 Å². The monoisotopic (exact) mass is 331 g/mol. The molecule has 0 aromatic carbocycles. The molecule has 23 heavy (non-hydrogen) atoms. The van der Waals surface area contributed by atoms with E-state index in [0.717, 1.165) is 39.3 Å². The van der Waals surface area contributed by atoms with Gasteiger partial charge in [-0.25, -0.2) is 0 Å². The summed E-state index contributed by atoms with van der Waals surface area (Å²) in [4.78, 5) is 16.3. The van der Waals surface area contributed by atoms with E-state index in [4.69, 9.17) is 9.47 Å². The maximum absolute atomic E-state index is 11.3. The van der Waals surface area contributed by atoms with E-state index < -0.39 is 0 Å². The molecule has 0 atom stereocenters. The third-order valence-corrected chi connectivity index (χ3v) is 4.13. The number of carbonyl (C=O) groups is 1. The molecule has 0 aliphatic carbocycles. The van der Waals surface area contributed by atoms with Gasteiger partial charge in [0.2, 0.25) is 5.91 Å². The van der Waals surface area contributed by atoms with Crippen LogP contribution in [0.4, 0.5) is 0 Å². The third-order valence-electron chi connectivity index (χ3n) is 4.13. The van der Waals surface area contributed by atoms with Crippen molar-refractivity contribution in [3.63, 3.8) is 0 Å². The van der Waals surface area contributed by atoms with Gasteiger partial charge in [-0.15, -0.1) is 0 Å². The fourth-order valence-electron chi connectivity index (χ4n) is 2.47. The Hall–Kier alpha value is -0.690. The number of piperazine rings is 1. The average molecular weight is 332 g/mol. The van der Waals surface area contributed by atoms with Gasteiger partial charge in [-0.2, -0.15) is 0 Å². The Morgan fingerprint density at radius 3 is 2.17 bits per heavy atom. The fourth-order valence-corrected chi connectivity index (χ4v) is 2.47. The number of nitrogens with zero attached hydrogens (tertiary/aromatic N) is 2. The molecule has 0 spiro atoms. The van der Waals surface area contributed by atoms with Crippen LogP contribution >= 0.6 is 0 Å². The van der Waals surface area contributed by atoms with Crippen molar-refractivity contribution in [1.82, 2.24) is 15.1 Å². The Labute approximate surface area is 143 Å². The fraction of sp³-hybridized carbons (Fsp3) is 0.941. The zero-order valence-electron chi connectivity index (χ0n) is 15.3. The molecule has 1 saturated heterocycles. The van der Waals surface area contributed by atoms with Crippen LogP contribution in [-0.2, 0) is 14.3 Å². The number of nitrogens with one attached hydrogen (secondary N) is 1. The van der Waals surface area contributed by atoms with Crippen molar-refractivity contribution in [2.75, 3.05) is 65.7 Å². The number of ether oxygens (including phenoxy) is 2. The Bertz CT molecular complexity index is 322. The number of hydrogen-bond donors (Lipinski definition) is 1. The molecule has 0 saturated carbocycles. The topological polar surface area (TPSA) is 54.0 Å². The van der Waals surface area contributed by atoms with Crippen LogP contribution in [0.2, 0.25) is 0 Å². The molecule has 6 heteroatoms. The van der Waals surface area contributed by atoms with Gasteiger partial charge in [0.05, 0.1) is 26.4 Å². The van der Waals surface area contributed by atoms with Crippen molar-refractivity contribution in [3.05, 3.63) is 0 Å². The van der Waals surface area contributed by atoms with Gasteiger partial charge in [0.15, 0.2) is 0 Å². The van der Waals surface area contributed by atoms with E-state index in [1.807, 2.05) is 13.8 Å². The molecular formula is C17H37N3O3. The Kier molecular flexibility index (Phi) is 10.4. The highest BCUT2D eigenvalue weighted by Crippen LogP contribution is 2.05. The Morgan fingerprint density at radius 2 is 1.61 bits per heavy atom. The quantitative estimate of drug-likeness (QED) is 0.574. The molecular weight excluding hydrogens is 294 g/mol. The van der Waals surface area contributed by atoms with E-state index in [1.165, 1.54) is 0 Å². The zero-order chi connectivity index (χ0) is 17.1. The first-order chi connectivity index (χ1) is 11.0. The van der Waals surface area contributed by atoms with Crippen molar-refractivity contribution >= 4 is 5.91 Å². The number of carbonyl (C=O) groups excluding carboxylic acids is 1. The van der Waals surface area contributed by atoms with E-state index in [1.54, 1.807) is 0 Å². The highest BCUT2D eigenvalue weighted by molar-refractivity contribution is 5.77. The predicted octanol–water partition coefficient (Wildman–Crippen LogP) is 1.06. The molecule has 138 valence electrons. The second-order valence-electron chi connectivity index (χ2n) is 6.64. The summed E-state index contributed by atoms with van der Waals surface area (Å²) < 4.78 is 11.0. The molecule has 0 radical (unpaired) electrons. The number of amides is 1. The van der Waals surface area contributed by atoms with Gasteiger partial charge in [-0.05, 0) is 13.8 Å².